The van der Waals surface area contributed by atoms with E-state index in [1.807, 2.05) is 0 Å². The van der Waals surface area contributed by atoms with Gasteiger partial charge in [0.05, 0.1) is 5.52 Å². The predicted molar refractivity (Wildman–Crippen MR) is 89.9 cm³/mol. The van der Waals surface area contributed by atoms with Gasteiger partial charge in [-0.3, -0.25) is 4.98 Å². The molecule has 0 aliphatic carbocycles. The molecule has 3 aromatic carbocycles. The summed E-state index contributed by atoms with van der Waals surface area (Å²) in [6, 6.07) is 19.1. The van der Waals surface area contributed by atoms with Gasteiger partial charge >= 0.3 is 0 Å². The molecule has 102 valence electrons. The van der Waals surface area contributed by atoms with Crippen LogP contribution in [0, 0.1) is 0 Å². The molecule has 3 nitrogen and oxygen atoms in total. The van der Waals surface area contributed by atoms with E-state index >= 15 is 0 Å². The van der Waals surface area contributed by atoms with Crippen molar-refractivity contribution >= 4 is 43.6 Å². The van der Waals surface area contributed by atoms with Crippen LogP contribution >= 0.6 is 0 Å². The van der Waals surface area contributed by atoms with E-state index in [4.69, 9.17) is 0 Å². The van der Waals surface area contributed by atoms with Crippen molar-refractivity contribution in [3.63, 3.8) is 0 Å². The van der Waals surface area contributed by atoms with Gasteiger partial charge in [0.25, 0.3) is 0 Å². The molecule has 0 unspecified atom stereocenters. The van der Waals surface area contributed by atoms with Crippen molar-refractivity contribution in [1.29, 1.82) is 0 Å². The van der Waals surface area contributed by atoms with Gasteiger partial charge in [0.1, 0.15) is 5.52 Å². The Bertz CT molecular complexity index is 1170. The van der Waals surface area contributed by atoms with E-state index in [1.165, 1.54) is 21.5 Å². The Hall–Kier alpha value is -3.07. The van der Waals surface area contributed by atoms with E-state index in [9.17, 15) is 0 Å². The van der Waals surface area contributed by atoms with Gasteiger partial charge in [-0.15, -0.1) is 0 Å². The second-order valence-corrected chi connectivity index (χ2v) is 5.40. The van der Waals surface area contributed by atoms with E-state index < -0.39 is 0 Å². The van der Waals surface area contributed by atoms with Crippen molar-refractivity contribution < 1.29 is 0 Å². The molecular formula is C19H11N3. The number of hydrogen-bond acceptors (Lipinski definition) is 3. The molecule has 0 bridgehead atoms. The quantitative estimate of drug-likeness (QED) is 0.310. The zero-order valence-electron chi connectivity index (χ0n) is 11.7. The van der Waals surface area contributed by atoms with Crippen LogP contribution in [0.3, 0.4) is 0 Å². The van der Waals surface area contributed by atoms with Crippen LogP contribution in [-0.4, -0.2) is 15.0 Å². The van der Waals surface area contributed by atoms with Gasteiger partial charge in [0.2, 0.25) is 0 Å². The summed E-state index contributed by atoms with van der Waals surface area (Å²) in [7, 11) is 0. The molecule has 0 saturated heterocycles. The third kappa shape index (κ3) is 1.53. The Morgan fingerprint density at radius 1 is 0.591 bits per heavy atom. The van der Waals surface area contributed by atoms with E-state index in [0.29, 0.717) is 5.65 Å². The van der Waals surface area contributed by atoms with Crippen molar-refractivity contribution in [2.45, 2.75) is 0 Å². The summed E-state index contributed by atoms with van der Waals surface area (Å²) in [6.45, 7) is 0. The normalized spacial score (nSPS) is 11.6. The van der Waals surface area contributed by atoms with Crippen molar-refractivity contribution in [1.82, 2.24) is 15.0 Å². The molecule has 0 spiro atoms. The summed E-state index contributed by atoms with van der Waals surface area (Å²) in [5, 5.41) is 6.09. The number of fused-ring (bicyclic) bond motifs is 6. The van der Waals surface area contributed by atoms with Gasteiger partial charge in [0, 0.05) is 17.8 Å². The van der Waals surface area contributed by atoms with Gasteiger partial charge < -0.3 is 0 Å². The highest BCUT2D eigenvalue weighted by Gasteiger charge is 2.07. The first-order valence-electron chi connectivity index (χ1n) is 7.22. The Balaban J connectivity index is 2.02. The lowest BCUT2D eigenvalue weighted by Gasteiger charge is -2.07. The van der Waals surface area contributed by atoms with Crippen LogP contribution in [-0.2, 0) is 0 Å². The van der Waals surface area contributed by atoms with Crippen LogP contribution in [0.15, 0.2) is 67.0 Å². The molecule has 0 amide bonds. The van der Waals surface area contributed by atoms with Crippen molar-refractivity contribution in [3.05, 3.63) is 67.0 Å². The second kappa shape index (κ2) is 4.21. The predicted octanol–water partition coefficient (Wildman–Crippen LogP) is 4.48. The zero-order chi connectivity index (χ0) is 14.5. The van der Waals surface area contributed by atoms with Crippen LogP contribution in [0.2, 0.25) is 0 Å². The molecule has 2 aromatic heterocycles. The minimum Gasteiger partial charge on any atom is -0.251 e. The average Bonchev–Trinajstić information content (AvgIpc) is 2.59. The molecule has 5 aromatic rings. The maximum absolute atomic E-state index is 4.63. The monoisotopic (exact) mass is 281 g/mol. The average molecular weight is 281 g/mol. The summed E-state index contributed by atoms with van der Waals surface area (Å²) in [5.41, 5.74) is 2.47. The number of benzene rings is 3. The lowest BCUT2D eigenvalue weighted by atomic mass is 9.99. The van der Waals surface area contributed by atoms with E-state index in [0.717, 1.165) is 16.4 Å². The number of aromatic nitrogens is 3. The molecule has 0 radical (unpaired) electrons. The molecule has 0 aliphatic heterocycles. The van der Waals surface area contributed by atoms with Gasteiger partial charge in [-0.2, -0.15) is 0 Å². The summed E-state index contributed by atoms with van der Waals surface area (Å²) in [5.74, 6) is 0. The lowest BCUT2D eigenvalue weighted by Crippen LogP contribution is -1.89. The summed E-state index contributed by atoms with van der Waals surface area (Å²) in [4.78, 5) is 13.3. The molecule has 0 saturated carbocycles. The molecule has 5 rings (SSSR count). The number of rotatable bonds is 0. The fourth-order valence-electron chi connectivity index (χ4n) is 3.13. The first kappa shape index (κ1) is 11.6. The van der Waals surface area contributed by atoms with E-state index in [-0.39, 0.29) is 0 Å². The molecule has 2 heterocycles. The van der Waals surface area contributed by atoms with Gasteiger partial charge in [-0.05, 0) is 33.7 Å². The first-order chi connectivity index (χ1) is 10.9. The molecule has 3 heteroatoms. The van der Waals surface area contributed by atoms with Gasteiger partial charge in [0.15, 0.2) is 5.65 Å². The third-order valence-corrected chi connectivity index (χ3v) is 4.16. The standard InChI is InChI=1S/C19H11N3/c1-2-4-13-12(3-1)5-6-15-14(13)7-8-17-16(15)11-18-19(22-17)21-10-9-20-18/h1-11H. The zero-order valence-corrected chi connectivity index (χ0v) is 11.7. The molecule has 0 N–H and O–H groups in total. The topological polar surface area (TPSA) is 38.7 Å². The number of pyridine rings is 1. The van der Waals surface area contributed by atoms with Crippen LogP contribution in [0.4, 0.5) is 0 Å². The molecule has 0 fully saturated rings. The molecule has 0 atom stereocenters. The molecular weight excluding hydrogens is 270 g/mol. The largest absolute Gasteiger partial charge is 0.251 e. The van der Waals surface area contributed by atoms with Crippen LogP contribution < -0.4 is 0 Å². The molecule has 22 heavy (non-hydrogen) atoms. The number of hydrogen-bond donors (Lipinski definition) is 0. The van der Waals surface area contributed by atoms with E-state index in [2.05, 4.69) is 69.5 Å². The van der Waals surface area contributed by atoms with Crippen LogP contribution in [0.1, 0.15) is 0 Å². The first-order valence-corrected chi connectivity index (χ1v) is 7.22. The fraction of sp³-hybridized carbons (Fsp3) is 0. The fourth-order valence-corrected chi connectivity index (χ4v) is 3.13. The Morgan fingerprint density at radius 3 is 2.41 bits per heavy atom. The Morgan fingerprint density at radius 2 is 1.41 bits per heavy atom. The third-order valence-electron chi connectivity index (χ3n) is 4.16. The van der Waals surface area contributed by atoms with Crippen LogP contribution in [0.25, 0.3) is 43.6 Å². The Labute approximate surface area is 126 Å². The van der Waals surface area contributed by atoms with Crippen LogP contribution in [0.5, 0.6) is 0 Å². The highest BCUT2D eigenvalue weighted by Crippen LogP contribution is 2.31. The highest BCUT2D eigenvalue weighted by atomic mass is 14.9. The highest BCUT2D eigenvalue weighted by molar-refractivity contribution is 6.17. The Kier molecular flexibility index (Phi) is 2.22. The second-order valence-electron chi connectivity index (χ2n) is 5.40. The smallest absolute Gasteiger partial charge is 0.178 e. The summed E-state index contributed by atoms with van der Waals surface area (Å²) in [6.07, 6.45) is 3.38. The summed E-state index contributed by atoms with van der Waals surface area (Å²) < 4.78 is 0. The van der Waals surface area contributed by atoms with E-state index in [1.54, 1.807) is 12.4 Å². The number of nitrogens with zero attached hydrogens (tertiary/aromatic N) is 3. The molecule has 0 aliphatic rings. The lowest BCUT2D eigenvalue weighted by molar-refractivity contribution is 1.25. The minimum atomic E-state index is 0.690. The van der Waals surface area contributed by atoms with Gasteiger partial charge in [-0.25, -0.2) is 9.97 Å². The summed E-state index contributed by atoms with van der Waals surface area (Å²) >= 11 is 0. The van der Waals surface area contributed by atoms with Crippen molar-refractivity contribution in [2.24, 2.45) is 0 Å². The van der Waals surface area contributed by atoms with Gasteiger partial charge in [-0.1, -0.05) is 42.5 Å². The maximum Gasteiger partial charge on any atom is 0.178 e. The van der Waals surface area contributed by atoms with Crippen molar-refractivity contribution in [3.8, 4) is 0 Å². The van der Waals surface area contributed by atoms with Crippen molar-refractivity contribution in [2.75, 3.05) is 0 Å². The SMILES string of the molecule is c1ccc2c(c1)ccc1c3cc4nccnc4nc3ccc21. The maximum atomic E-state index is 4.63. The minimum absolute atomic E-state index is 0.690.